The molecule has 0 aromatic carbocycles. The highest BCUT2D eigenvalue weighted by Crippen LogP contribution is 2.38. The van der Waals surface area contributed by atoms with E-state index in [4.69, 9.17) is 13.8 Å². The van der Waals surface area contributed by atoms with Crippen LogP contribution in [-0.4, -0.2) is 69.4 Å². The third-order valence-electron chi connectivity index (χ3n) is 16.1. The van der Waals surface area contributed by atoms with Crippen LogP contribution in [0.5, 0.6) is 0 Å². The maximum atomic E-state index is 13.6. The molecule has 0 heterocycles. The van der Waals surface area contributed by atoms with Crippen molar-refractivity contribution in [3.63, 3.8) is 0 Å². The quantitative estimate of drug-likeness (QED) is 0.0161. The molecule has 0 fully saturated rings. The van der Waals surface area contributed by atoms with E-state index in [1.54, 1.807) is 0 Å². The molecule has 1 N–H and O–H groups in total. The van der Waals surface area contributed by atoms with Gasteiger partial charge in [0.15, 0.2) is 0 Å². The van der Waals surface area contributed by atoms with Crippen molar-refractivity contribution in [1.82, 2.24) is 5.32 Å². The van der Waals surface area contributed by atoms with Crippen molar-refractivity contribution in [3.8, 4) is 0 Å². The fourth-order valence-corrected chi connectivity index (χ4v) is 11.4. The van der Waals surface area contributed by atoms with Gasteiger partial charge in [0.2, 0.25) is 5.91 Å². The molecule has 0 rings (SSSR count). The van der Waals surface area contributed by atoms with Crippen LogP contribution in [0.2, 0.25) is 0 Å². The standard InChI is InChI=1S/C71H137N2O7P/c1-7-10-13-16-19-22-25-28-30-31-32-33-34-35-36-37-38-39-40-41-43-46-49-52-55-58-61-64-71(75)80-69(62-59-56-53-50-47-44-27-24-21-18-15-12-9-3)68(67-79-81(76,77)78-66-65-73(4,5)6)72-70(74)63-60-57-54-51-48-45-42-29-26-23-20-17-14-11-8-2/h20,23,26,29,59,62,68-69H,7-19,21-22,24-25,27-28,30-58,60-61,63-67H2,1-6H3,(H-,72,74,76,77)/b23-20+,29-26+,62-59-. The van der Waals surface area contributed by atoms with Gasteiger partial charge in [0.05, 0.1) is 33.8 Å². The van der Waals surface area contributed by atoms with Gasteiger partial charge in [-0.05, 0) is 57.4 Å². The van der Waals surface area contributed by atoms with Gasteiger partial charge in [0, 0.05) is 12.8 Å². The first-order chi connectivity index (χ1) is 39.4. The summed E-state index contributed by atoms with van der Waals surface area (Å²) < 4.78 is 30.4. The average Bonchev–Trinajstić information content (AvgIpc) is 3.44. The summed E-state index contributed by atoms with van der Waals surface area (Å²) in [5, 5.41) is 3.04. The van der Waals surface area contributed by atoms with E-state index in [1.807, 2.05) is 33.3 Å². The average molecular weight is 1160 g/mol. The van der Waals surface area contributed by atoms with Gasteiger partial charge in [-0.2, -0.15) is 0 Å². The molecule has 9 nitrogen and oxygen atoms in total. The number of carbonyl (C=O) groups excluding carboxylic acids is 2. The lowest BCUT2D eigenvalue weighted by Crippen LogP contribution is -2.47. The first-order valence-electron chi connectivity index (χ1n) is 35.3. The number of nitrogens with zero attached hydrogens (tertiary/aromatic N) is 1. The Bertz CT molecular complexity index is 1480. The summed E-state index contributed by atoms with van der Waals surface area (Å²) in [6, 6.07) is -0.891. The van der Waals surface area contributed by atoms with Gasteiger partial charge < -0.3 is 28.5 Å². The summed E-state index contributed by atoms with van der Waals surface area (Å²) in [5.74, 6) is -0.536. The summed E-state index contributed by atoms with van der Waals surface area (Å²) in [5.41, 5.74) is 0. The molecule has 10 heteroatoms. The van der Waals surface area contributed by atoms with Crippen LogP contribution in [0.3, 0.4) is 0 Å². The Morgan fingerprint density at radius 1 is 0.432 bits per heavy atom. The molecule has 0 saturated heterocycles. The van der Waals surface area contributed by atoms with E-state index in [9.17, 15) is 19.0 Å². The number of phosphoric acid groups is 1. The first kappa shape index (κ1) is 79.2. The van der Waals surface area contributed by atoms with E-state index in [0.717, 1.165) is 83.5 Å². The molecule has 3 atom stereocenters. The van der Waals surface area contributed by atoms with Crippen molar-refractivity contribution in [2.45, 2.75) is 367 Å². The van der Waals surface area contributed by atoms with Crippen LogP contribution >= 0.6 is 7.82 Å². The van der Waals surface area contributed by atoms with Crippen molar-refractivity contribution in [1.29, 1.82) is 0 Å². The number of esters is 1. The lowest BCUT2D eigenvalue weighted by Gasteiger charge is -2.30. The predicted molar refractivity (Wildman–Crippen MR) is 349 cm³/mol. The van der Waals surface area contributed by atoms with Crippen LogP contribution < -0.4 is 10.2 Å². The van der Waals surface area contributed by atoms with Crippen LogP contribution in [-0.2, 0) is 27.9 Å². The van der Waals surface area contributed by atoms with Gasteiger partial charge in [0.1, 0.15) is 19.3 Å². The largest absolute Gasteiger partial charge is 0.756 e. The number of unbranched alkanes of at least 4 members (excludes halogenated alkanes) is 46. The topological polar surface area (TPSA) is 114 Å². The molecular weight excluding hydrogens is 1020 g/mol. The summed E-state index contributed by atoms with van der Waals surface area (Å²) in [6.45, 7) is 6.86. The Labute approximate surface area is 504 Å². The minimum Gasteiger partial charge on any atom is -0.756 e. The molecule has 478 valence electrons. The van der Waals surface area contributed by atoms with Crippen molar-refractivity contribution in [2.24, 2.45) is 0 Å². The molecule has 81 heavy (non-hydrogen) atoms. The molecule has 0 radical (unpaired) electrons. The minimum atomic E-state index is -4.70. The zero-order chi connectivity index (χ0) is 59.3. The van der Waals surface area contributed by atoms with Crippen LogP contribution in [0.4, 0.5) is 0 Å². The van der Waals surface area contributed by atoms with E-state index < -0.39 is 20.0 Å². The third kappa shape index (κ3) is 62.6. The fourth-order valence-electron chi connectivity index (χ4n) is 10.6. The smallest absolute Gasteiger partial charge is 0.306 e. The van der Waals surface area contributed by atoms with Crippen molar-refractivity contribution >= 4 is 19.7 Å². The lowest BCUT2D eigenvalue weighted by atomic mass is 10.0. The highest BCUT2D eigenvalue weighted by Gasteiger charge is 2.27. The Morgan fingerprint density at radius 2 is 0.741 bits per heavy atom. The summed E-state index contributed by atoms with van der Waals surface area (Å²) in [7, 11) is 1.19. The molecule has 0 saturated carbocycles. The first-order valence-corrected chi connectivity index (χ1v) is 36.8. The summed E-state index contributed by atoms with van der Waals surface area (Å²) in [4.78, 5) is 40.1. The Hall–Kier alpha value is -1.77. The van der Waals surface area contributed by atoms with Crippen molar-refractivity contribution in [2.75, 3.05) is 40.9 Å². The number of likely N-dealkylation sites (N-methyl/N-ethyl adjacent to an activating group) is 1. The number of hydrogen-bond donors (Lipinski definition) is 1. The predicted octanol–water partition coefficient (Wildman–Crippen LogP) is 21.6. The second-order valence-electron chi connectivity index (χ2n) is 25.4. The maximum absolute atomic E-state index is 13.6. The van der Waals surface area contributed by atoms with E-state index in [-0.39, 0.29) is 31.5 Å². The van der Waals surface area contributed by atoms with Crippen molar-refractivity contribution < 1.29 is 37.3 Å². The molecule has 0 spiro atoms. The molecule has 0 bridgehead atoms. The second kappa shape index (κ2) is 61.3. The number of hydrogen-bond acceptors (Lipinski definition) is 7. The van der Waals surface area contributed by atoms with Crippen LogP contribution in [0.25, 0.3) is 0 Å². The molecule has 0 aromatic heterocycles. The van der Waals surface area contributed by atoms with Crippen LogP contribution in [0, 0.1) is 0 Å². The molecular formula is C71H137N2O7P. The normalized spacial score (nSPS) is 13.7. The van der Waals surface area contributed by atoms with Gasteiger partial charge in [-0.25, -0.2) is 0 Å². The number of ether oxygens (including phenoxy) is 1. The van der Waals surface area contributed by atoms with Gasteiger partial charge in [-0.1, -0.05) is 321 Å². The summed E-state index contributed by atoms with van der Waals surface area (Å²) in [6.07, 6.45) is 75.6. The highest BCUT2D eigenvalue weighted by molar-refractivity contribution is 7.45. The van der Waals surface area contributed by atoms with E-state index in [0.29, 0.717) is 17.4 Å². The number of nitrogens with one attached hydrogen (secondary N) is 1. The monoisotopic (exact) mass is 1160 g/mol. The molecule has 0 aliphatic rings. The number of carbonyl (C=O) groups is 2. The Morgan fingerprint density at radius 3 is 1.11 bits per heavy atom. The SMILES string of the molecule is CCCCC/C=C/C=C/CCCCCCCCC(=O)NC(COP(=O)([O-])OCC[N+](C)(C)C)C(/C=C\CCCCCCCCCCCCC)OC(=O)CCCCCCCCCCCCCCCCCCCCCCCCCCCCC. The van der Waals surface area contributed by atoms with E-state index in [1.165, 1.54) is 238 Å². The number of rotatable bonds is 65. The van der Waals surface area contributed by atoms with Crippen molar-refractivity contribution in [3.05, 3.63) is 36.5 Å². The number of allylic oxidation sites excluding steroid dienone is 5. The molecule has 0 aliphatic carbocycles. The van der Waals surface area contributed by atoms with Gasteiger partial charge >= 0.3 is 5.97 Å². The van der Waals surface area contributed by atoms with Gasteiger partial charge in [-0.3, -0.25) is 14.2 Å². The van der Waals surface area contributed by atoms with Crippen LogP contribution in [0.1, 0.15) is 355 Å². The van der Waals surface area contributed by atoms with E-state index >= 15 is 0 Å². The third-order valence-corrected chi connectivity index (χ3v) is 17.1. The van der Waals surface area contributed by atoms with E-state index in [2.05, 4.69) is 50.4 Å². The summed E-state index contributed by atoms with van der Waals surface area (Å²) >= 11 is 0. The second-order valence-corrected chi connectivity index (χ2v) is 26.8. The highest BCUT2D eigenvalue weighted by atomic mass is 31.2. The molecule has 1 amide bonds. The zero-order valence-corrected chi connectivity index (χ0v) is 55.7. The number of phosphoric ester groups is 1. The zero-order valence-electron chi connectivity index (χ0n) is 54.8. The molecule has 3 unspecified atom stereocenters. The number of amides is 1. The van der Waals surface area contributed by atoms with Gasteiger partial charge in [0.25, 0.3) is 7.82 Å². The van der Waals surface area contributed by atoms with Crippen LogP contribution in [0.15, 0.2) is 36.5 Å². The fraction of sp³-hybridized carbons (Fsp3) is 0.887. The maximum Gasteiger partial charge on any atom is 0.306 e. The Balaban J connectivity index is 5.00. The molecule has 0 aromatic rings. The molecule has 0 aliphatic heterocycles. The van der Waals surface area contributed by atoms with Gasteiger partial charge in [-0.15, -0.1) is 0 Å². The minimum absolute atomic E-state index is 0.0224. The Kier molecular flexibility index (Phi) is 60.0. The number of quaternary nitrogens is 1. The lowest BCUT2D eigenvalue weighted by molar-refractivity contribution is -0.870.